The lowest BCUT2D eigenvalue weighted by Gasteiger charge is -2.33. The number of rotatable bonds is 4. The molecule has 0 bridgehead atoms. The van der Waals surface area contributed by atoms with Crippen LogP contribution in [-0.4, -0.2) is 0 Å². The highest BCUT2D eigenvalue weighted by molar-refractivity contribution is 7.15. The molecule has 0 saturated carbocycles. The Bertz CT molecular complexity index is 1750. The molecule has 65 heavy (non-hydrogen) atoms. The smallest absolute Gasteiger partial charge is 0.0948 e. The number of allylic oxidation sites excluding steroid dienone is 9. The van der Waals surface area contributed by atoms with Crippen molar-refractivity contribution >= 4 is 14.8 Å². The van der Waals surface area contributed by atoms with Crippen LogP contribution in [0.3, 0.4) is 0 Å². The Morgan fingerprint density at radius 2 is 1.05 bits per heavy atom. The van der Waals surface area contributed by atoms with Crippen LogP contribution in [0, 0.1) is 38.5 Å². The topological polar surface area (TPSA) is 0 Å². The second kappa shape index (κ2) is 35.6. The fraction of sp³-hybridized carbons (Fsp3) is 0.651. The molecule has 0 aromatic heterocycles. The first-order chi connectivity index (χ1) is 29.7. The lowest BCUT2D eigenvalue weighted by Crippen LogP contribution is -2.22. The van der Waals surface area contributed by atoms with Gasteiger partial charge < -0.3 is 0 Å². The second-order valence-electron chi connectivity index (χ2n) is 21.7. The van der Waals surface area contributed by atoms with Gasteiger partial charge in [-0.1, -0.05) is 236 Å². The van der Waals surface area contributed by atoms with E-state index in [-0.39, 0.29) is 21.7 Å². The summed E-state index contributed by atoms with van der Waals surface area (Å²) in [6.07, 6.45) is 12.5. The fourth-order valence-electron chi connectivity index (χ4n) is 6.69. The van der Waals surface area contributed by atoms with Gasteiger partial charge in [0.2, 0.25) is 0 Å². The summed E-state index contributed by atoms with van der Waals surface area (Å²) >= 11 is 0. The number of benzene rings is 2. The highest BCUT2D eigenvalue weighted by atomic mass is 31.0. The van der Waals surface area contributed by atoms with E-state index in [1.807, 2.05) is 27.7 Å². The van der Waals surface area contributed by atoms with Gasteiger partial charge in [0.05, 0.1) is 6.33 Å². The molecular formula is C63H114FP. The van der Waals surface area contributed by atoms with E-state index in [2.05, 4.69) is 233 Å². The average molecular weight is 922 g/mol. The summed E-state index contributed by atoms with van der Waals surface area (Å²) in [5.41, 5.74) is 18.8. The first-order valence-electron chi connectivity index (χ1n) is 25.7. The van der Waals surface area contributed by atoms with E-state index in [1.165, 1.54) is 93.3 Å². The van der Waals surface area contributed by atoms with Gasteiger partial charge in [-0.25, -0.2) is 4.39 Å². The van der Waals surface area contributed by atoms with Crippen molar-refractivity contribution in [2.24, 2.45) is 10.8 Å². The summed E-state index contributed by atoms with van der Waals surface area (Å²) < 4.78 is 15.0. The Morgan fingerprint density at radius 3 is 1.34 bits per heavy atom. The van der Waals surface area contributed by atoms with Crippen molar-refractivity contribution in [1.29, 1.82) is 0 Å². The van der Waals surface area contributed by atoms with Gasteiger partial charge in [0.15, 0.2) is 0 Å². The molecule has 0 fully saturated rings. The van der Waals surface area contributed by atoms with Crippen LogP contribution >= 0.6 is 9.24 Å². The lowest BCUT2D eigenvalue weighted by atomic mass is 9.72. The summed E-state index contributed by atoms with van der Waals surface area (Å²) in [4.78, 5) is 0. The minimum Gasteiger partial charge on any atom is -0.215 e. The third kappa shape index (κ3) is 28.4. The molecule has 378 valence electrons. The molecule has 3 rings (SSSR count). The van der Waals surface area contributed by atoms with Crippen LogP contribution in [-0.2, 0) is 17.0 Å². The molecule has 1 aliphatic carbocycles. The number of hydrogen-bond donors (Lipinski definition) is 0. The highest BCUT2D eigenvalue weighted by Crippen LogP contribution is 2.44. The van der Waals surface area contributed by atoms with Crippen LogP contribution in [0.2, 0.25) is 0 Å². The van der Waals surface area contributed by atoms with E-state index in [0.717, 1.165) is 29.2 Å². The molecule has 1 unspecified atom stereocenters. The van der Waals surface area contributed by atoms with Crippen molar-refractivity contribution in [3.63, 3.8) is 0 Å². The maximum Gasteiger partial charge on any atom is 0.0948 e. The first kappa shape index (κ1) is 71.5. The lowest BCUT2D eigenvalue weighted by molar-refractivity contribution is 0.488. The zero-order chi connectivity index (χ0) is 52.9. The molecule has 0 aliphatic heterocycles. The Balaban J connectivity index is -0.000000309. The molecule has 2 heteroatoms. The number of halogens is 1. The third-order valence-corrected chi connectivity index (χ3v) is 11.2. The van der Waals surface area contributed by atoms with Gasteiger partial charge in [-0.05, 0) is 153 Å². The van der Waals surface area contributed by atoms with Gasteiger partial charge in [-0.15, -0.1) is 9.24 Å². The van der Waals surface area contributed by atoms with Gasteiger partial charge >= 0.3 is 0 Å². The van der Waals surface area contributed by atoms with Crippen LogP contribution in [0.25, 0.3) is 5.57 Å². The molecule has 1 atom stereocenters. The first-order valence-corrected chi connectivity index (χ1v) is 26.5. The molecule has 0 heterocycles. The Morgan fingerprint density at radius 1 is 0.615 bits per heavy atom. The van der Waals surface area contributed by atoms with Gasteiger partial charge in [0, 0.05) is 5.57 Å². The minimum atomic E-state index is -0.117. The van der Waals surface area contributed by atoms with Crippen molar-refractivity contribution in [3.05, 3.63) is 121 Å². The Kier molecular flexibility index (Phi) is 39.2. The van der Waals surface area contributed by atoms with Gasteiger partial charge in [-0.2, -0.15) is 0 Å². The maximum absolute atomic E-state index is 15.0. The van der Waals surface area contributed by atoms with Crippen molar-refractivity contribution in [1.82, 2.24) is 0 Å². The molecule has 0 saturated heterocycles. The van der Waals surface area contributed by atoms with Crippen LogP contribution in [0.4, 0.5) is 4.39 Å². The van der Waals surface area contributed by atoms with E-state index in [0.29, 0.717) is 0 Å². The SMILES string of the molecule is CC.CC.CC1=CC(C)=C(C)CC1.CCC.CCC.CCC.C\C(=C/C(=C(C)\C(=C\F)c1c(C)c(C(C)(C)C)cc(C(C)(C)C)c1CP)C(C)(C)C)C(C)(C)C.Cc1ccc(C)c(C)c1. The molecule has 0 N–H and O–H groups in total. The Hall–Kier alpha value is -2.50. The van der Waals surface area contributed by atoms with E-state index >= 15 is 4.39 Å². The molecule has 1 aliphatic rings. The summed E-state index contributed by atoms with van der Waals surface area (Å²) in [6.45, 7) is 67.1. The summed E-state index contributed by atoms with van der Waals surface area (Å²) in [7, 11) is 2.90. The summed E-state index contributed by atoms with van der Waals surface area (Å²) in [5, 5.41) is 0. The van der Waals surface area contributed by atoms with Crippen LogP contribution in [0.15, 0.2) is 76.2 Å². The van der Waals surface area contributed by atoms with Gasteiger partial charge in [0.25, 0.3) is 0 Å². The highest BCUT2D eigenvalue weighted by Gasteiger charge is 2.30. The third-order valence-electron chi connectivity index (χ3n) is 10.7. The molecular weight excluding hydrogens is 807 g/mol. The monoisotopic (exact) mass is 921 g/mol. The fourth-order valence-corrected chi connectivity index (χ4v) is 7.11. The van der Waals surface area contributed by atoms with Gasteiger partial charge in [0.1, 0.15) is 0 Å². The molecule has 0 spiro atoms. The molecule has 0 radical (unpaired) electrons. The minimum absolute atomic E-state index is 0.0348. The molecule has 2 aromatic carbocycles. The number of aryl methyl sites for hydroxylation is 3. The predicted octanol–water partition coefficient (Wildman–Crippen LogP) is 22.6. The summed E-state index contributed by atoms with van der Waals surface area (Å²) in [6, 6.07) is 8.88. The van der Waals surface area contributed by atoms with Gasteiger partial charge in [-0.3, -0.25) is 0 Å². The largest absolute Gasteiger partial charge is 0.215 e. The quantitative estimate of drug-likeness (QED) is 0.212. The van der Waals surface area contributed by atoms with E-state index in [4.69, 9.17) is 0 Å². The van der Waals surface area contributed by atoms with Crippen LogP contribution in [0.1, 0.15) is 264 Å². The van der Waals surface area contributed by atoms with Crippen LogP contribution in [0.5, 0.6) is 0 Å². The van der Waals surface area contributed by atoms with E-state index in [9.17, 15) is 0 Å². The predicted molar refractivity (Wildman–Crippen MR) is 309 cm³/mol. The van der Waals surface area contributed by atoms with Crippen LogP contribution < -0.4 is 0 Å². The Labute approximate surface area is 412 Å². The van der Waals surface area contributed by atoms with E-state index < -0.39 is 0 Å². The van der Waals surface area contributed by atoms with Crippen molar-refractivity contribution in [2.75, 3.05) is 0 Å². The average Bonchev–Trinajstić information content (AvgIpc) is 3.18. The normalized spacial score (nSPS) is 13.3. The molecule has 0 amide bonds. The van der Waals surface area contributed by atoms with E-state index in [1.54, 1.807) is 5.57 Å². The molecule has 2 aromatic rings. The standard InChI is InChI=1S/C32H52FP.C9H14.C9H12.3C3H8.2C2H6/c1-20(29(4,5)6)16-25(30(7,8)9)21(2)23(18-33)28-22(3)26(31(10,11)12)17-27(24(28)19-34)32(13,14)15;2*1-7-4-5-8(2)9(3)6-7;3*1-3-2;2*1-2/h16-18H,19,34H2,1-15H3;6H,4-5H2,1-3H3;4-6H,1-3H3;3*3H2,1-2H3;2*1-2H3/b20-16+,23-18-,25-21+;;;;;;;. The molecule has 0 nitrogen and oxygen atoms in total. The van der Waals surface area contributed by atoms with Crippen molar-refractivity contribution in [2.45, 2.75) is 264 Å². The van der Waals surface area contributed by atoms with Crippen molar-refractivity contribution in [3.8, 4) is 0 Å². The second-order valence-corrected chi connectivity index (χ2v) is 22.1. The zero-order valence-electron chi connectivity index (χ0n) is 49.7. The zero-order valence-corrected chi connectivity index (χ0v) is 50.9. The maximum atomic E-state index is 15.0. The summed E-state index contributed by atoms with van der Waals surface area (Å²) in [5.74, 6) is 0. The van der Waals surface area contributed by atoms with Crippen molar-refractivity contribution < 1.29 is 4.39 Å². The number of hydrogen-bond acceptors (Lipinski definition) is 0.